The summed E-state index contributed by atoms with van der Waals surface area (Å²) < 4.78 is 24.0. The molecule has 1 aliphatic carbocycles. The molecule has 0 spiro atoms. The maximum Gasteiger partial charge on any atom is 0.317 e. The van der Waals surface area contributed by atoms with Crippen LogP contribution in [0.3, 0.4) is 0 Å². The molecule has 3 rings (SSSR count). The first-order valence-electron chi connectivity index (χ1n) is 8.09. The Morgan fingerprint density at radius 1 is 1.09 bits per heavy atom. The molecule has 2 heterocycles. The summed E-state index contributed by atoms with van der Waals surface area (Å²) in [5.41, 5.74) is 0. The van der Waals surface area contributed by atoms with Crippen molar-refractivity contribution >= 4 is 21.8 Å². The van der Waals surface area contributed by atoms with E-state index in [0.29, 0.717) is 13.1 Å². The van der Waals surface area contributed by atoms with Gasteiger partial charge in [0.05, 0.1) is 24.1 Å². The van der Waals surface area contributed by atoms with E-state index in [9.17, 15) is 18.0 Å². The number of sulfone groups is 1. The summed E-state index contributed by atoms with van der Waals surface area (Å²) in [6, 6.07) is -0.899. The first kappa shape index (κ1) is 16.5. The second kappa shape index (κ2) is 6.27. The van der Waals surface area contributed by atoms with Crippen LogP contribution in [0.2, 0.25) is 0 Å². The minimum atomic E-state index is -3.25. The molecular formula is C14H23N3O5S. The van der Waals surface area contributed by atoms with Crippen LogP contribution in [0.25, 0.3) is 0 Å². The van der Waals surface area contributed by atoms with Crippen LogP contribution in [0.1, 0.15) is 25.7 Å². The number of amides is 2. The number of nitrogens with zero attached hydrogens (tertiary/aromatic N) is 2. The van der Waals surface area contributed by atoms with Gasteiger partial charge in [0.1, 0.15) is 0 Å². The molecule has 9 heteroatoms. The highest BCUT2D eigenvalue weighted by atomic mass is 32.2. The summed E-state index contributed by atoms with van der Waals surface area (Å²) >= 11 is 0. The molecule has 3 aliphatic rings. The molecule has 8 nitrogen and oxygen atoms in total. The van der Waals surface area contributed by atoms with E-state index in [1.807, 2.05) is 0 Å². The van der Waals surface area contributed by atoms with Gasteiger partial charge in [0.25, 0.3) is 0 Å². The number of aliphatic carboxylic acids is 1. The first-order valence-corrected chi connectivity index (χ1v) is 9.91. The first-order chi connectivity index (χ1) is 10.9. The van der Waals surface area contributed by atoms with E-state index in [2.05, 4.69) is 5.32 Å². The largest absolute Gasteiger partial charge is 0.480 e. The molecule has 2 N–H and O–H groups in total. The van der Waals surface area contributed by atoms with Gasteiger partial charge in [-0.2, -0.15) is 0 Å². The zero-order valence-electron chi connectivity index (χ0n) is 13.0. The van der Waals surface area contributed by atoms with Gasteiger partial charge >= 0.3 is 12.0 Å². The van der Waals surface area contributed by atoms with Gasteiger partial charge in [0, 0.05) is 25.2 Å². The molecule has 2 atom stereocenters. The maximum absolute atomic E-state index is 12.5. The zero-order chi connectivity index (χ0) is 16.6. The Bertz CT molecular complexity index is 587. The number of hydrogen-bond donors (Lipinski definition) is 2. The van der Waals surface area contributed by atoms with Crippen molar-refractivity contribution in [3.63, 3.8) is 0 Å². The quantitative estimate of drug-likeness (QED) is 0.714. The van der Waals surface area contributed by atoms with Gasteiger partial charge in [-0.15, -0.1) is 0 Å². The average molecular weight is 345 g/mol. The Hall–Kier alpha value is -1.35. The molecule has 0 unspecified atom stereocenters. The number of urea groups is 1. The molecule has 0 aromatic heterocycles. The third kappa shape index (κ3) is 3.60. The minimum Gasteiger partial charge on any atom is -0.480 e. The number of nitrogens with one attached hydrogen (secondary N) is 1. The fourth-order valence-corrected chi connectivity index (χ4v) is 5.99. The fraction of sp³-hybridized carbons (Fsp3) is 0.857. The third-order valence-electron chi connectivity index (χ3n) is 5.07. The van der Waals surface area contributed by atoms with Crippen LogP contribution < -0.4 is 5.32 Å². The molecule has 0 aromatic rings. The normalized spacial score (nSPS) is 31.0. The van der Waals surface area contributed by atoms with Crippen LogP contribution in [-0.4, -0.2) is 84.6 Å². The molecule has 130 valence electrons. The lowest BCUT2D eigenvalue weighted by molar-refractivity contribution is -0.139. The van der Waals surface area contributed by atoms with Crippen LogP contribution in [0.5, 0.6) is 0 Å². The minimum absolute atomic E-state index is 0.0713. The molecule has 0 aromatic carbocycles. The number of carbonyl (C=O) groups excluding carboxylic acids is 1. The highest BCUT2D eigenvalue weighted by Gasteiger charge is 2.48. The molecule has 0 bridgehead atoms. The van der Waals surface area contributed by atoms with E-state index in [4.69, 9.17) is 5.11 Å². The SMILES string of the molecule is O=C(O)CN1CCN(C(=O)NC2CCCC2)[C@H]2CS(=O)(=O)C[C@H]21. The van der Waals surface area contributed by atoms with Gasteiger partial charge in [-0.05, 0) is 12.8 Å². The molecule has 2 saturated heterocycles. The second-order valence-electron chi connectivity index (χ2n) is 6.70. The lowest BCUT2D eigenvalue weighted by atomic mass is 10.1. The highest BCUT2D eigenvalue weighted by Crippen LogP contribution is 2.27. The van der Waals surface area contributed by atoms with E-state index in [-0.39, 0.29) is 30.1 Å². The van der Waals surface area contributed by atoms with Crippen LogP contribution >= 0.6 is 0 Å². The van der Waals surface area contributed by atoms with Gasteiger partial charge < -0.3 is 15.3 Å². The lowest BCUT2D eigenvalue weighted by Crippen LogP contribution is -2.63. The van der Waals surface area contributed by atoms with Crippen molar-refractivity contribution in [3.8, 4) is 0 Å². The second-order valence-corrected chi connectivity index (χ2v) is 8.85. The predicted octanol–water partition coefficient (Wildman–Crippen LogP) is -0.494. The van der Waals surface area contributed by atoms with Crippen molar-refractivity contribution in [3.05, 3.63) is 0 Å². The number of carboxylic acids is 1. The Morgan fingerprint density at radius 3 is 2.39 bits per heavy atom. The Labute approximate surface area is 135 Å². The predicted molar refractivity (Wildman–Crippen MR) is 82.9 cm³/mol. The van der Waals surface area contributed by atoms with Crippen LogP contribution in [-0.2, 0) is 14.6 Å². The van der Waals surface area contributed by atoms with E-state index in [1.54, 1.807) is 9.80 Å². The lowest BCUT2D eigenvalue weighted by Gasteiger charge is -2.43. The number of rotatable bonds is 3. The van der Waals surface area contributed by atoms with Gasteiger partial charge in [0.15, 0.2) is 9.84 Å². The number of fused-ring (bicyclic) bond motifs is 1. The molecule has 3 fully saturated rings. The van der Waals surface area contributed by atoms with Crippen molar-refractivity contribution < 1.29 is 23.1 Å². The zero-order valence-corrected chi connectivity index (χ0v) is 13.8. The molecule has 2 amide bonds. The van der Waals surface area contributed by atoms with Crippen molar-refractivity contribution in [2.45, 2.75) is 43.8 Å². The Kier molecular flexibility index (Phi) is 4.50. The van der Waals surface area contributed by atoms with Gasteiger partial charge in [-0.1, -0.05) is 12.8 Å². The molecular weight excluding hydrogens is 322 g/mol. The highest BCUT2D eigenvalue weighted by molar-refractivity contribution is 7.91. The standard InChI is InChI=1S/C14H23N3O5S/c18-13(19)7-16-5-6-17(12-9-23(21,22)8-11(12)16)14(20)15-10-3-1-2-4-10/h10-12H,1-9H2,(H,15,20)(H,18,19)/t11-,12+/m1/s1. The summed E-state index contributed by atoms with van der Waals surface area (Å²) in [4.78, 5) is 26.8. The smallest absolute Gasteiger partial charge is 0.317 e. The van der Waals surface area contributed by atoms with Gasteiger partial charge in [-0.3, -0.25) is 9.69 Å². The van der Waals surface area contributed by atoms with Crippen molar-refractivity contribution in [1.29, 1.82) is 0 Å². The van der Waals surface area contributed by atoms with Crippen molar-refractivity contribution in [1.82, 2.24) is 15.1 Å². The summed E-state index contributed by atoms with van der Waals surface area (Å²) in [5, 5.41) is 12.0. The van der Waals surface area contributed by atoms with E-state index < -0.39 is 27.9 Å². The van der Waals surface area contributed by atoms with Gasteiger partial charge in [-0.25, -0.2) is 13.2 Å². The van der Waals surface area contributed by atoms with Gasteiger partial charge in [0.2, 0.25) is 0 Å². The van der Waals surface area contributed by atoms with Crippen LogP contribution in [0.4, 0.5) is 4.79 Å². The Balaban J connectivity index is 1.72. The van der Waals surface area contributed by atoms with Crippen LogP contribution in [0.15, 0.2) is 0 Å². The van der Waals surface area contributed by atoms with E-state index in [1.165, 1.54) is 0 Å². The fourth-order valence-electron chi connectivity index (χ4n) is 3.97. The Morgan fingerprint density at radius 2 is 1.74 bits per heavy atom. The monoisotopic (exact) mass is 345 g/mol. The molecule has 2 aliphatic heterocycles. The summed E-state index contributed by atoms with van der Waals surface area (Å²) in [6.45, 7) is 0.568. The van der Waals surface area contributed by atoms with E-state index >= 15 is 0 Å². The number of piperazine rings is 1. The topological polar surface area (TPSA) is 107 Å². The summed E-state index contributed by atoms with van der Waals surface area (Å²) in [6.07, 6.45) is 4.16. The maximum atomic E-state index is 12.5. The third-order valence-corrected chi connectivity index (χ3v) is 6.77. The average Bonchev–Trinajstić information content (AvgIpc) is 3.04. The summed E-state index contributed by atoms with van der Waals surface area (Å²) in [7, 11) is -3.25. The summed E-state index contributed by atoms with van der Waals surface area (Å²) in [5.74, 6) is -1.12. The van der Waals surface area contributed by atoms with Crippen LogP contribution in [0, 0.1) is 0 Å². The molecule has 0 radical (unpaired) electrons. The van der Waals surface area contributed by atoms with Crippen molar-refractivity contribution in [2.24, 2.45) is 0 Å². The molecule has 1 saturated carbocycles. The number of carbonyl (C=O) groups is 2. The number of carboxylic acid groups (broad SMARTS) is 1. The molecule has 23 heavy (non-hydrogen) atoms. The van der Waals surface area contributed by atoms with Crippen molar-refractivity contribution in [2.75, 3.05) is 31.1 Å². The van der Waals surface area contributed by atoms with E-state index in [0.717, 1.165) is 25.7 Å². The number of hydrogen-bond acceptors (Lipinski definition) is 5.